The highest BCUT2D eigenvalue weighted by Gasteiger charge is 2.30. The summed E-state index contributed by atoms with van der Waals surface area (Å²) in [6.07, 6.45) is 1.79. The third kappa shape index (κ3) is 6.53. The number of benzene rings is 2. The van der Waals surface area contributed by atoms with Crippen molar-refractivity contribution in [3.05, 3.63) is 59.7 Å². The predicted molar refractivity (Wildman–Crippen MR) is 134 cm³/mol. The van der Waals surface area contributed by atoms with E-state index in [0.717, 1.165) is 22.3 Å². The fourth-order valence-corrected chi connectivity index (χ4v) is 4.67. The van der Waals surface area contributed by atoms with Crippen molar-refractivity contribution in [2.75, 3.05) is 25.2 Å². The van der Waals surface area contributed by atoms with Gasteiger partial charge in [-0.25, -0.2) is 9.59 Å². The molecule has 0 aliphatic heterocycles. The van der Waals surface area contributed by atoms with Gasteiger partial charge in [-0.2, -0.15) is 11.8 Å². The average Bonchev–Trinajstić information content (AvgIpc) is 3.12. The lowest BCUT2D eigenvalue weighted by atomic mass is 9.89. The lowest BCUT2D eigenvalue weighted by molar-refractivity contribution is -0.142. The second-order valence-electron chi connectivity index (χ2n) is 9.26. The molecule has 34 heavy (non-hydrogen) atoms. The minimum atomic E-state index is -1.04. The Bertz CT molecular complexity index is 994. The lowest BCUT2D eigenvalue weighted by Gasteiger charge is -2.25. The summed E-state index contributed by atoms with van der Waals surface area (Å²) in [6, 6.07) is 15.4. The monoisotopic (exact) mass is 484 g/mol. The van der Waals surface area contributed by atoms with Crippen molar-refractivity contribution in [3.63, 3.8) is 0 Å². The van der Waals surface area contributed by atoms with Crippen molar-refractivity contribution in [2.24, 2.45) is 5.41 Å². The Morgan fingerprint density at radius 3 is 2.21 bits per heavy atom. The molecule has 2 aromatic rings. The molecule has 3 rings (SSSR count). The van der Waals surface area contributed by atoms with Crippen molar-refractivity contribution < 1.29 is 24.2 Å². The minimum Gasteiger partial charge on any atom is -0.480 e. The summed E-state index contributed by atoms with van der Waals surface area (Å²) in [7, 11) is 0. The van der Waals surface area contributed by atoms with Gasteiger partial charge in [-0.15, -0.1) is 0 Å². The van der Waals surface area contributed by atoms with Crippen LogP contribution in [-0.4, -0.2) is 54.3 Å². The first-order chi connectivity index (χ1) is 16.2. The highest BCUT2D eigenvalue weighted by atomic mass is 32.2. The van der Waals surface area contributed by atoms with Gasteiger partial charge in [0.1, 0.15) is 12.6 Å². The Hall–Kier alpha value is -3.00. The normalized spacial score (nSPS) is 13.5. The fourth-order valence-electron chi connectivity index (χ4n) is 4.20. The maximum atomic E-state index is 12.4. The van der Waals surface area contributed by atoms with E-state index in [0.29, 0.717) is 12.2 Å². The van der Waals surface area contributed by atoms with Crippen molar-refractivity contribution in [1.29, 1.82) is 0 Å². The first-order valence-electron chi connectivity index (χ1n) is 11.3. The zero-order valence-corrected chi connectivity index (χ0v) is 20.6. The molecular formula is C26H32N2O5S. The molecule has 1 aliphatic rings. The predicted octanol–water partition coefficient (Wildman–Crippen LogP) is 4.26. The number of carboxylic acid groups (broad SMARTS) is 1. The third-order valence-electron chi connectivity index (χ3n) is 5.94. The van der Waals surface area contributed by atoms with Crippen LogP contribution in [-0.2, 0) is 14.3 Å². The number of fused-ring (bicyclic) bond motifs is 3. The maximum absolute atomic E-state index is 12.4. The Kier molecular flexibility index (Phi) is 8.61. The first kappa shape index (κ1) is 25.6. The van der Waals surface area contributed by atoms with Crippen LogP contribution in [0.1, 0.15) is 43.7 Å². The van der Waals surface area contributed by atoms with Gasteiger partial charge in [-0.1, -0.05) is 62.4 Å². The van der Waals surface area contributed by atoms with Gasteiger partial charge < -0.3 is 20.5 Å². The molecule has 8 heteroatoms. The van der Waals surface area contributed by atoms with Gasteiger partial charge in [-0.3, -0.25) is 4.79 Å². The molecule has 0 fully saturated rings. The molecule has 0 spiro atoms. The molecule has 3 N–H and O–H groups in total. The van der Waals surface area contributed by atoms with Crippen LogP contribution in [0.4, 0.5) is 4.79 Å². The van der Waals surface area contributed by atoms with Gasteiger partial charge in [0.2, 0.25) is 5.91 Å². The maximum Gasteiger partial charge on any atom is 0.407 e. The number of rotatable bonds is 11. The largest absolute Gasteiger partial charge is 0.480 e. The van der Waals surface area contributed by atoms with Gasteiger partial charge in [0.05, 0.1) is 0 Å². The van der Waals surface area contributed by atoms with Crippen molar-refractivity contribution in [2.45, 2.75) is 38.6 Å². The van der Waals surface area contributed by atoms with Crippen LogP contribution in [0.2, 0.25) is 0 Å². The van der Waals surface area contributed by atoms with Crippen molar-refractivity contribution in [3.8, 4) is 11.1 Å². The molecule has 1 aliphatic carbocycles. The molecule has 1 atom stereocenters. The number of carboxylic acids is 1. The highest BCUT2D eigenvalue weighted by molar-refractivity contribution is 7.98. The molecular weight excluding hydrogens is 452 g/mol. The van der Waals surface area contributed by atoms with E-state index in [2.05, 4.69) is 34.9 Å². The lowest BCUT2D eigenvalue weighted by Crippen LogP contribution is -2.44. The summed E-state index contributed by atoms with van der Waals surface area (Å²) in [6.45, 7) is 4.12. The number of hydrogen-bond donors (Lipinski definition) is 3. The number of aliphatic carboxylic acids is 1. The van der Waals surface area contributed by atoms with Gasteiger partial charge >= 0.3 is 12.1 Å². The van der Waals surface area contributed by atoms with Crippen LogP contribution < -0.4 is 10.6 Å². The summed E-state index contributed by atoms with van der Waals surface area (Å²) < 4.78 is 5.55. The van der Waals surface area contributed by atoms with Crippen LogP contribution in [0.25, 0.3) is 11.1 Å². The number of carbonyl (C=O) groups is 3. The molecule has 0 heterocycles. The molecule has 0 saturated heterocycles. The number of amides is 2. The van der Waals surface area contributed by atoms with Crippen LogP contribution in [0.5, 0.6) is 0 Å². The number of carbonyl (C=O) groups excluding carboxylic acids is 2. The zero-order chi connectivity index (χ0) is 24.7. The number of hydrogen-bond acceptors (Lipinski definition) is 5. The Morgan fingerprint density at radius 2 is 1.65 bits per heavy atom. The topological polar surface area (TPSA) is 105 Å². The van der Waals surface area contributed by atoms with Crippen molar-refractivity contribution in [1.82, 2.24) is 10.6 Å². The van der Waals surface area contributed by atoms with E-state index in [4.69, 9.17) is 4.74 Å². The first-order valence-corrected chi connectivity index (χ1v) is 12.7. The average molecular weight is 485 g/mol. The Balaban J connectivity index is 1.50. The van der Waals surface area contributed by atoms with E-state index in [1.54, 1.807) is 0 Å². The Morgan fingerprint density at radius 1 is 1.06 bits per heavy atom. The van der Waals surface area contributed by atoms with E-state index in [1.807, 2.05) is 44.4 Å². The molecule has 0 unspecified atom stereocenters. The van der Waals surface area contributed by atoms with Gasteiger partial charge in [-0.05, 0) is 46.1 Å². The standard InChI is InChI=1S/C26H32N2O5S/c1-26(2,14-23(29)28-22(24(30)31)12-13-34-3)16-27-25(32)33-15-21-19-10-6-4-8-17(19)18-9-5-7-11-20(18)21/h4-11,21-22H,12-16H2,1-3H3,(H,27,32)(H,28,29)(H,30,31)/t22-/m0/s1. The molecule has 7 nitrogen and oxygen atoms in total. The number of ether oxygens (including phenoxy) is 1. The number of alkyl carbamates (subject to hydrolysis) is 1. The second-order valence-corrected chi connectivity index (χ2v) is 10.2. The minimum absolute atomic E-state index is 0.0221. The van der Waals surface area contributed by atoms with Crippen LogP contribution in [0.15, 0.2) is 48.5 Å². The SMILES string of the molecule is CSCC[C@H](NC(=O)CC(C)(C)CNC(=O)OCC1c2ccccc2-c2ccccc21)C(=O)O. The molecule has 2 aromatic carbocycles. The molecule has 0 saturated carbocycles. The summed E-state index contributed by atoms with van der Waals surface area (Å²) in [4.78, 5) is 36.2. The van der Waals surface area contributed by atoms with Crippen LogP contribution in [0, 0.1) is 5.41 Å². The van der Waals surface area contributed by atoms with Gasteiger partial charge in [0, 0.05) is 18.9 Å². The zero-order valence-electron chi connectivity index (χ0n) is 19.8. The third-order valence-corrected chi connectivity index (χ3v) is 6.58. The molecule has 0 aromatic heterocycles. The smallest absolute Gasteiger partial charge is 0.407 e. The quantitative estimate of drug-likeness (QED) is 0.440. The van der Waals surface area contributed by atoms with Crippen LogP contribution in [0.3, 0.4) is 0 Å². The molecule has 2 amide bonds. The van der Waals surface area contributed by atoms with Crippen LogP contribution >= 0.6 is 11.8 Å². The van der Waals surface area contributed by atoms with E-state index in [-0.39, 0.29) is 31.4 Å². The molecule has 182 valence electrons. The molecule has 0 radical (unpaired) electrons. The van der Waals surface area contributed by atoms with Gasteiger partial charge in [0.15, 0.2) is 0 Å². The summed E-state index contributed by atoms with van der Waals surface area (Å²) in [5, 5.41) is 14.6. The van der Waals surface area contributed by atoms with E-state index in [1.165, 1.54) is 11.8 Å². The fraction of sp³-hybridized carbons (Fsp3) is 0.423. The highest BCUT2D eigenvalue weighted by Crippen LogP contribution is 2.44. The van der Waals surface area contributed by atoms with E-state index >= 15 is 0 Å². The number of nitrogens with one attached hydrogen (secondary N) is 2. The van der Waals surface area contributed by atoms with Crippen molar-refractivity contribution >= 4 is 29.7 Å². The Labute approximate surface area is 204 Å². The number of thioether (sulfide) groups is 1. The molecule has 0 bridgehead atoms. The summed E-state index contributed by atoms with van der Waals surface area (Å²) in [5.41, 5.74) is 4.04. The summed E-state index contributed by atoms with van der Waals surface area (Å²) >= 11 is 1.53. The second kappa shape index (κ2) is 11.4. The van der Waals surface area contributed by atoms with Gasteiger partial charge in [0.25, 0.3) is 0 Å². The van der Waals surface area contributed by atoms with E-state index < -0.39 is 23.5 Å². The summed E-state index contributed by atoms with van der Waals surface area (Å²) in [5.74, 6) is -0.778. The van der Waals surface area contributed by atoms with E-state index in [9.17, 15) is 19.5 Å².